The van der Waals surface area contributed by atoms with Crippen LogP contribution in [0.4, 0.5) is 0 Å². The lowest BCUT2D eigenvalue weighted by Crippen LogP contribution is -2.53. The molecule has 1 saturated heterocycles. The van der Waals surface area contributed by atoms with Crippen LogP contribution in [-0.4, -0.2) is 93.2 Å². The van der Waals surface area contributed by atoms with E-state index in [0.717, 1.165) is 5.56 Å². The molecule has 3 aliphatic rings. The van der Waals surface area contributed by atoms with Gasteiger partial charge in [-0.05, 0) is 57.2 Å². The molecule has 2 amide bonds. The topological polar surface area (TPSA) is 149 Å². The molecule has 11 nitrogen and oxygen atoms in total. The van der Waals surface area contributed by atoms with Gasteiger partial charge in [0.25, 0.3) is 11.8 Å². The molecule has 0 spiro atoms. The zero-order chi connectivity index (χ0) is 28.9. The number of benzene rings is 1. The van der Waals surface area contributed by atoms with Crippen LogP contribution in [-0.2, 0) is 29.9 Å². The quantitative estimate of drug-likeness (QED) is 0.455. The Hall–Kier alpha value is -3.27. The molecule has 40 heavy (non-hydrogen) atoms. The molecule has 1 aromatic heterocycles. The summed E-state index contributed by atoms with van der Waals surface area (Å²) in [5.41, 5.74) is 2.45. The molecule has 0 bridgehead atoms. The number of nitrogens with zero attached hydrogens (tertiary/aromatic N) is 5. The second-order valence-electron chi connectivity index (χ2n) is 11.9. The third-order valence-corrected chi connectivity index (χ3v) is 11.7. The first-order chi connectivity index (χ1) is 18.9. The fraction of sp³-hybridized carbons (Fsp3) is 0.571. The zero-order valence-electron chi connectivity index (χ0n) is 23.2. The van der Waals surface area contributed by atoms with Gasteiger partial charge in [-0.2, -0.15) is 10.4 Å². The fourth-order valence-corrected chi connectivity index (χ4v) is 8.52. The van der Waals surface area contributed by atoms with Gasteiger partial charge in [0.05, 0.1) is 27.2 Å². The molecule has 5 rings (SSSR count). The Labute approximate surface area is 234 Å². The van der Waals surface area contributed by atoms with Gasteiger partial charge >= 0.3 is 0 Å². The molecule has 1 unspecified atom stereocenters. The van der Waals surface area contributed by atoms with E-state index in [1.54, 1.807) is 50.1 Å². The van der Waals surface area contributed by atoms with Gasteiger partial charge < -0.3 is 15.3 Å². The van der Waals surface area contributed by atoms with E-state index in [9.17, 15) is 23.1 Å². The molecule has 1 atom stereocenters. The summed E-state index contributed by atoms with van der Waals surface area (Å²) in [4.78, 5) is 30.2. The van der Waals surface area contributed by atoms with Gasteiger partial charge in [0.15, 0.2) is 15.5 Å². The smallest absolute Gasteiger partial charge is 0.272 e. The van der Waals surface area contributed by atoms with Gasteiger partial charge in [0.2, 0.25) is 0 Å². The first-order valence-corrected chi connectivity index (χ1v) is 15.1. The van der Waals surface area contributed by atoms with Crippen molar-refractivity contribution in [1.82, 2.24) is 24.9 Å². The largest absolute Gasteiger partial charge is 0.392 e. The van der Waals surface area contributed by atoms with E-state index >= 15 is 0 Å². The molecule has 2 aromatic rings. The van der Waals surface area contributed by atoms with Crippen LogP contribution in [0, 0.1) is 11.3 Å². The molecule has 2 N–H and O–H groups in total. The standard InChI is InChI=1S/C28H36N6O5S/c1-27(2,17-33-12-8-21(35)16-33)40(38,39)28(10-11-28)18-34-13-9-22-23(31-32(3)24(22)26(34)37)25(36)30-15-20-6-4-19(14-29)5-7-20/h4-7,21,35H,8-13,15-18H2,1-3H3,(H,30,36). The Bertz CT molecular complexity index is 1470. The average Bonchev–Trinajstić information content (AvgIpc) is 3.48. The molecule has 12 heteroatoms. The number of aromatic nitrogens is 2. The van der Waals surface area contributed by atoms with E-state index in [1.165, 1.54) is 4.68 Å². The lowest BCUT2D eigenvalue weighted by atomic mass is 10.0. The number of likely N-dealkylation sites (tertiary alicyclic amines) is 1. The van der Waals surface area contributed by atoms with E-state index in [1.807, 2.05) is 4.90 Å². The second kappa shape index (κ2) is 10.3. The van der Waals surface area contributed by atoms with E-state index in [2.05, 4.69) is 16.5 Å². The van der Waals surface area contributed by atoms with Crippen LogP contribution in [0.25, 0.3) is 0 Å². The molecule has 1 aromatic carbocycles. The number of rotatable bonds is 9. The Balaban J connectivity index is 1.28. The average molecular weight is 569 g/mol. The van der Waals surface area contributed by atoms with Gasteiger partial charge in [0, 0.05) is 51.9 Å². The first-order valence-electron chi connectivity index (χ1n) is 13.6. The number of aliphatic hydroxyl groups is 1. The van der Waals surface area contributed by atoms with Crippen LogP contribution in [0.1, 0.15) is 70.8 Å². The Morgan fingerprint density at radius 3 is 2.55 bits per heavy atom. The maximum absolute atomic E-state index is 13.9. The number of carbonyl (C=O) groups excluding carboxylic acids is 2. The highest BCUT2D eigenvalue weighted by molar-refractivity contribution is 7.94. The SMILES string of the molecule is Cn1nc(C(=O)NCc2ccc(C#N)cc2)c2c1C(=O)N(CC1(S(=O)(=O)C(C)(C)CN3CCC(O)C3)CC1)CC2. The number of hydrogen-bond acceptors (Lipinski definition) is 8. The highest BCUT2D eigenvalue weighted by Gasteiger charge is 2.61. The number of β-amino-alcohol motifs (C(OH)–C–C–N with tert-alkyl or cyclic N) is 1. The van der Waals surface area contributed by atoms with Gasteiger partial charge in [0.1, 0.15) is 5.69 Å². The number of aryl methyl sites for hydroxylation is 1. The number of nitriles is 1. The molecule has 1 saturated carbocycles. The second-order valence-corrected chi connectivity index (χ2v) is 14.9. The van der Waals surface area contributed by atoms with Crippen molar-refractivity contribution in [2.45, 2.75) is 61.7 Å². The van der Waals surface area contributed by atoms with Crippen molar-refractivity contribution in [3.05, 3.63) is 52.3 Å². The minimum atomic E-state index is -3.61. The number of sulfone groups is 1. The van der Waals surface area contributed by atoms with Crippen LogP contribution >= 0.6 is 0 Å². The van der Waals surface area contributed by atoms with Crippen molar-refractivity contribution >= 4 is 21.7 Å². The summed E-state index contributed by atoms with van der Waals surface area (Å²) in [6.45, 7) is 5.65. The van der Waals surface area contributed by atoms with Crippen molar-refractivity contribution in [1.29, 1.82) is 5.26 Å². The summed E-state index contributed by atoms with van der Waals surface area (Å²) in [5, 5.41) is 26.0. The van der Waals surface area contributed by atoms with Crippen molar-refractivity contribution < 1.29 is 23.1 Å². The minimum Gasteiger partial charge on any atom is -0.392 e. The monoisotopic (exact) mass is 568 g/mol. The molecule has 214 valence electrons. The summed E-state index contributed by atoms with van der Waals surface area (Å²) in [7, 11) is -1.99. The molecule has 2 fully saturated rings. The number of hydrogen-bond donors (Lipinski definition) is 2. The molecular weight excluding hydrogens is 532 g/mol. The number of amides is 2. The van der Waals surface area contributed by atoms with Crippen molar-refractivity contribution in [3.63, 3.8) is 0 Å². The van der Waals surface area contributed by atoms with Crippen molar-refractivity contribution in [2.75, 3.05) is 32.7 Å². The number of carbonyl (C=O) groups is 2. The lowest BCUT2D eigenvalue weighted by Gasteiger charge is -2.37. The summed E-state index contributed by atoms with van der Waals surface area (Å²) in [6, 6.07) is 8.96. The van der Waals surface area contributed by atoms with Crippen LogP contribution in [0.5, 0.6) is 0 Å². The summed E-state index contributed by atoms with van der Waals surface area (Å²) in [5.74, 6) is -0.707. The molecular formula is C28H36N6O5S. The third kappa shape index (κ3) is 5.02. The minimum absolute atomic E-state index is 0.116. The summed E-state index contributed by atoms with van der Waals surface area (Å²) < 4.78 is 27.2. The number of aliphatic hydroxyl groups excluding tert-OH is 1. The van der Waals surface area contributed by atoms with E-state index in [4.69, 9.17) is 5.26 Å². The lowest BCUT2D eigenvalue weighted by molar-refractivity contribution is 0.0724. The Morgan fingerprint density at radius 2 is 1.95 bits per heavy atom. The van der Waals surface area contributed by atoms with E-state index < -0.39 is 31.3 Å². The summed E-state index contributed by atoms with van der Waals surface area (Å²) in [6.07, 6.45) is 1.64. The fourth-order valence-electron chi connectivity index (χ4n) is 6.03. The molecule has 2 aliphatic heterocycles. The van der Waals surface area contributed by atoms with Crippen molar-refractivity contribution in [2.24, 2.45) is 7.05 Å². The van der Waals surface area contributed by atoms with Crippen LogP contribution in [0.3, 0.4) is 0 Å². The Kier molecular flexibility index (Phi) is 7.27. The number of fused-ring (bicyclic) bond motifs is 1. The van der Waals surface area contributed by atoms with Gasteiger partial charge in [-0.25, -0.2) is 8.42 Å². The highest BCUT2D eigenvalue weighted by Crippen LogP contribution is 2.49. The van der Waals surface area contributed by atoms with Crippen LogP contribution in [0.15, 0.2) is 24.3 Å². The third-order valence-electron chi connectivity index (χ3n) is 8.45. The molecule has 3 heterocycles. The predicted molar refractivity (Wildman–Crippen MR) is 147 cm³/mol. The predicted octanol–water partition coefficient (Wildman–Crippen LogP) is 1.01. The maximum atomic E-state index is 13.9. The first kappa shape index (κ1) is 28.3. The van der Waals surface area contributed by atoms with E-state index in [0.29, 0.717) is 68.7 Å². The van der Waals surface area contributed by atoms with Gasteiger partial charge in [-0.15, -0.1) is 0 Å². The van der Waals surface area contributed by atoms with E-state index in [-0.39, 0.29) is 24.7 Å². The number of nitrogens with one attached hydrogen (secondary N) is 1. The molecule has 0 radical (unpaired) electrons. The highest BCUT2D eigenvalue weighted by atomic mass is 32.2. The van der Waals surface area contributed by atoms with Crippen LogP contribution < -0.4 is 5.32 Å². The van der Waals surface area contributed by atoms with Gasteiger partial charge in [-0.3, -0.25) is 19.2 Å². The van der Waals surface area contributed by atoms with Crippen LogP contribution in [0.2, 0.25) is 0 Å². The van der Waals surface area contributed by atoms with Gasteiger partial charge in [-0.1, -0.05) is 12.1 Å². The maximum Gasteiger partial charge on any atom is 0.272 e. The van der Waals surface area contributed by atoms with Crippen molar-refractivity contribution in [3.8, 4) is 6.07 Å². The Morgan fingerprint density at radius 1 is 1.25 bits per heavy atom. The normalized spacial score (nSPS) is 20.7. The molecule has 1 aliphatic carbocycles. The summed E-state index contributed by atoms with van der Waals surface area (Å²) >= 11 is 0. The zero-order valence-corrected chi connectivity index (χ0v) is 24.0.